The molecular weight excluding hydrogens is 178 g/mol. The van der Waals surface area contributed by atoms with E-state index in [2.05, 4.69) is 0 Å². The number of unbranched alkanes of at least 4 members (excludes halogenated alkanes) is 1. The van der Waals surface area contributed by atoms with E-state index in [-0.39, 0.29) is 5.69 Å². The Bertz CT molecular complexity index is 310. The zero-order chi connectivity index (χ0) is 10.4. The van der Waals surface area contributed by atoms with Crippen LogP contribution in [0.2, 0.25) is 0 Å². The number of carbonyl (C=O) groups excluding carboxylic acids is 1. The van der Waals surface area contributed by atoms with E-state index in [1.54, 1.807) is 24.3 Å². The lowest BCUT2D eigenvalue weighted by Gasteiger charge is -2.04. The van der Waals surface area contributed by atoms with E-state index in [1.807, 2.05) is 6.92 Å². The van der Waals surface area contributed by atoms with Crippen LogP contribution in [0.15, 0.2) is 24.3 Å². The summed E-state index contributed by atoms with van der Waals surface area (Å²) in [5.74, 6) is -0.399. The Morgan fingerprint density at radius 1 is 1.43 bits per heavy atom. The van der Waals surface area contributed by atoms with Gasteiger partial charge in [-0.15, -0.1) is 0 Å². The first-order chi connectivity index (χ1) is 6.75. The lowest BCUT2D eigenvalue weighted by Crippen LogP contribution is -2.06. The molecule has 0 saturated heterocycles. The van der Waals surface area contributed by atoms with Gasteiger partial charge >= 0.3 is 5.97 Å². The summed E-state index contributed by atoms with van der Waals surface area (Å²) in [6.07, 6.45) is 1.86. The maximum Gasteiger partial charge on any atom is 0.340 e. The van der Waals surface area contributed by atoms with Crippen LogP contribution < -0.4 is 5.73 Å². The monoisotopic (exact) mass is 192 g/mol. The van der Waals surface area contributed by atoms with Crippen molar-refractivity contribution in [2.24, 2.45) is 0 Å². The molecule has 0 aliphatic carbocycles. The second kappa shape index (κ2) is 5.27. The van der Waals surface area contributed by atoms with Gasteiger partial charge in [0.15, 0.2) is 0 Å². The highest BCUT2D eigenvalue weighted by Gasteiger charge is 2.09. The number of carbonyl (C=O) groups is 1. The molecule has 0 aliphatic rings. The van der Waals surface area contributed by atoms with Crippen LogP contribution in [0.5, 0.6) is 0 Å². The van der Waals surface area contributed by atoms with Crippen LogP contribution in [0.25, 0.3) is 0 Å². The molecule has 0 heterocycles. The zero-order valence-electron chi connectivity index (χ0n) is 8.25. The van der Waals surface area contributed by atoms with E-state index in [1.165, 1.54) is 0 Å². The Hall–Kier alpha value is -1.51. The van der Waals surface area contributed by atoms with Crippen molar-refractivity contribution in [3.05, 3.63) is 29.8 Å². The predicted octanol–water partition coefficient (Wildman–Crippen LogP) is 2.56. The number of hydrogen-bond acceptors (Lipinski definition) is 2. The van der Waals surface area contributed by atoms with Crippen LogP contribution in [0.3, 0.4) is 0 Å². The summed E-state index contributed by atoms with van der Waals surface area (Å²) in [5.41, 5.74) is 8.03. The molecule has 1 radical (unpaired) electrons. The highest BCUT2D eigenvalue weighted by molar-refractivity contribution is 5.94. The van der Waals surface area contributed by atoms with Gasteiger partial charge in [-0.25, -0.2) is 4.79 Å². The highest BCUT2D eigenvalue weighted by Crippen LogP contribution is 2.13. The molecule has 0 fully saturated rings. The second-order valence-corrected chi connectivity index (χ2v) is 3.04. The van der Waals surface area contributed by atoms with Crippen molar-refractivity contribution in [2.75, 3.05) is 6.61 Å². The van der Waals surface area contributed by atoms with Gasteiger partial charge in [0, 0.05) is 0 Å². The zero-order valence-corrected chi connectivity index (χ0v) is 8.25. The third-order valence-electron chi connectivity index (χ3n) is 1.88. The molecule has 1 aromatic carbocycles. The number of rotatable bonds is 4. The maximum absolute atomic E-state index is 11.4. The number of benzene rings is 1. The van der Waals surface area contributed by atoms with Crippen LogP contribution in [0.1, 0.15) is 30.1 Å². The third-order valence-corrected chi connectivity index (χ3v) is 1.88. The molecule has 0 aromatic heterocycles. The van der Waals surface area contributed by atoms with Crippen LogP contribution >= 0.6 is 0 Å². The molecular formula is C11H14NO2. The van der Waals surface area contributed by atoms with Gasteiger partial charge in [0.05, 0.1) is 17.9 Å². The first-order valence-corrected chi connectivity index (χ1v) is 4.73. The van der Waals surface area contributed by atoms with Crippen LogP contribution in [-0.4, -0.2) is 12.6 Å². The van der Waals surface area contributed by atoms with Gasteiger partial charge in [0.2, 0.25) is 0 Å². The van der Waals surface area contributed by atoms with Gasteiger partial charge in [-0.2, -0.15) is 0 Å². The molecule has 0 bridgehead atoms. The average Bonchev–Trinajstić information content (AvgIpc) is 2.18. The van der Waals surface area contributed by atoms with E-state index in [4.69, 9.17) is 10.5 Å². The van der Waals surface area contributed by atoms with E-state index < -0.39 is 5.97 Å². The van der Waals surface area contributed by atoms with E-state index in [0.29, 0.717) is 12.2 Å². The molecule has 0 atom stereocenters. The Labute approximate surface area is 83.9 Å². The minimum Gasteiger partial charge on any atom is -0.462 e. The Balaban J connectivity index is 2.56. The fraction of sp³-hybridized carbons (Fsp3) is 0.364. The Morgan fingerprint density at radius 3 is 2.79 bits per heavy atom. The van der Waals surface area contributed by atoms with Crippen LogP contribution in [0.4, 0.5) is 5.69 Å². The second-order valence-electron chi connectivity index (χ2n) is 3.04. The minimum absolute atomic E-state index is 0.217. The Morgan fingerprint density at radius 2 is 2.14 bits per heavy atom. The fourth-order valence-electron chi connectivity index (χ4n) is 1.05. The molecule has 3 nitrogen and oxygen atoms in total. The Kier molecular flexibility index (Phi) is 3.98. The lowest BCUT2D eigenvalue weighted by atomic mass is 10.2. The van der Waals surface area contributed by atoms with Crippen LogP contribution in [0, 0.1) is 0 Å². The van der Waals surface area contributed by atoms with Gasteiger partial charge < -0.3 is 10.5 Å². The molecule has 1 rings (SSSR count). The van der Waals surface area contributed by atoms with E-state index >= 15 is 0 Å². The first kappa shape index (κ1) is 10.6. The van der Waals surface area contributed by atoms with Crippen molar-refractivity contribution in [1.82, 2.24) is 5.73 Å². The molecule has 3 heteroatoms. The van der Waals surface area contributed by atoms with Crippen molar-refractivity contribution >= 4 is 11.7 Å². The largest absolute Gasteiger partial charge is 0.462 e. The van der Waals surface area contributed by atoms with Crippen molar-refractivity contribution in [3.63, 3.8) is 0 Å². The quantitative estimate of drug-likeness (QED) is 0.543. The van der Waals surface area contributed by atoms with Gasteiger partial charge in [0.25, 0.3) is 0 Å². The summed E-state index contributed by atoms with van der Waals surface area (Å²) in [5, 5.41) is 0. The minimum atomic E-state index is -0.399. The number of hydrogen-bond donors (Lipinski definition) is 0. The normalized spacial score (nSPS) is 9.79. The van der Waals surface area contributed by atoms with Crippen molar-refractivity contribution in [3.8, 4) is 0 Å². The smallest absolute Gasteiger partial charge is 0.340 e. The fourth-order valence-corrected chi connectivity index (χ4v) is 1.05. The summed E-state index contributed by atoms with van der Waals surface area (Å²) in [7, 11) is 0. The maximum atomic E-state index is 11.4. The van der Waals surface area contributed by atoms with Crippen molar-refractivity contribution < 1.29 is 9.53 Å². The van der Waals surface area contributed by atoms with Gasteiger partial charge in [-0.3, -0.25) is 0 Å². The summed E-state index contributed by atoms with van der Waals surface area (Å²) in [4.78, 5) is 11.4. The third kappa shape index (κ3) is 2.76. The van der Waals surface area contributed by atoms with Gasteiger partial charge in [-0.05, 0) is 18.6 Å². The summed E-state index contributed by atoms with van der Waals surface area (Å²) in [6, 6.07) is 6.65. The average molecular weight is 192 g/mol. The number of nitrogens with one attached hydrogen (secondary N) is 1. The molecule has 0 aliphatic heterocycles. The number of ether oxygens (including phenoxy) is 1. The predicted molar refractivity (Wildman–Crippen MR) is 54.4 cm³/mol. The molecule has 14 heavy (non-hydrogen) atoms. The van der Waals surface area contributed by atoms with E-state index in [9.17, 15) is 4.79 Å². The van der Waals surface area contributed by atoms with Crippen molar-refractivity contribution in [1.29, 1.82) is 0 Å². The standard InChI is InChI=1S/C11H14NO2/c1-2-3-8-14-11(13)9-6-4-5-7-10(9)12/h4-7,12H,2-3,8H2,1H3. The highest BCUT2D eigenvalue weighted by atomic mass is 16.5. The molecule has 0 amide bonds. The molecule has 75 valence electrons. The first-order valence-electron chi connectivity index (χ1n) is 4.73. The molecule has 0 spiro atoms. The summed E-state index contributed by atoms with van der Waals surface area (Å²) in [6.45, 7) is 2.47. The molecule has 1 N–H and O–H groups in total. The lowest BCUT2D eigenvalue weighted by molar-refractivity contribution is 0.0500. The topological polar surface area (TPSA) is 50.1 Å². The SMILES string of the molecule is CCCCOC(=O)c1ccccc1[NH]. The summed E-state index contributed by atoms with van der Waals surface area (Å²) >= 11 is 0. The number of esters is 1. The molecule has 0 unspecified atom stereocenters. The summed E-state index contributed by atoms with van der Waals surface area (Å²) < 4.78 is 4.99. The van der Waals surface area contributed by atoms with Crippen LogP contribution in [-0.2, 0) is 4.74 Å². The van der Waals surface area contributed by atoms with Gasteiger partial charge in [-0.1, -0.05) is 25.5 Å². The molecule has 0 saturated carbocycles. The van der Waals surface area contributed by atoms with E-state index in [0.717, 1.165) is 12.8 Å². The molecule has 1 aromatic rings. The van der Waals surface area contributed by atoms with Gasteiger partial charge in [0.1, 0.15) is 0 Å². The van der Waals surface area contributed by atoms with Crippen molar-refractivity contribution in [2.45, 2.75) is 19.8 Å².